The molecule has 1 fully saturated rings. The maximum atomic E-state index is 13.1. The quantitative estimate of drug-likeness (QED) is 0.299. The van der Waals surface area contributed by atoms with E-state index < -0.39 is 0 Å². The molecule has 0 aliphatic carbocycles. The number of nitrogens with zero attached hydrogens (tertiary/aromatic N) is 2. The van der Waals surface area contributed by atoms with Crippen LogP contribution < -0.4 is 14.4 Å². The van der Waals surface area contributed by atoms with Gasteiger partial charge in [-0.3, -0.25) is 9.69 Å². The molecule has 1 heterocycles. The summed E-state index contributed by atoms with van der Waals surface area (Å²) in [7, 11) is 3.35. The van der Waals surface area contributed by atoms with Crippen LogP contribution in [0.15, 0.2) is 72.4 Å². The highest BCUT2D eigenvalue weighted by Crippen LogP contribution is 2.32. The molecule has 1 saturated heterocycles. The monoisotopic (exact) mass is 498 g/mol. The number of benzene rings is 3. The molecule has 0 aromatic heterocycles. The van der Waals surface area contributed by atoms with Crippen molar-refractivity contribution in [1.82, 2.24) is 4.90 Å². The SMILES string of the molecule is COc1cc(/C=C2/C(=O)N(c3ccccc3)C(=S)N2C)ccc1OCc1ccc(Cl)c(Cl)c1. The minimum atomic E-state index is -0.187. The molecule has 0 unspecified atom stereocenters. The van der Waals surface area contributed by atoms with Crippen molar-refractivity contribution in [2.75, 3.05) is 19.1 Å². The van der Waals surface area contributed by atoms with Gasteiger partial charge in [0.2, 0.25) is 0 Å². The van der Waals surface area contributed by atoms with E-state index in [4.69, 9.17) is 44.9 Å². The number of rotatable bonds is 6. The first-order valence-corrected chi connectivity index (χ1v) is 11.2. The lowest BCUT2D eigenvalue weighted by molar-refractivity contribution is -0.114. The van der Waals surface area contributed by atoms with Gasteiger partial charge < -0.3 is 14.4 Å². The summed E-state index contributed by atoms with van der Waals surface area (Å²) >= 11 is 17.6. The van der Waals surface area contributed by atoms with E-state index in [1.165, 1.54) is 4.90 Å². The van der Waals surface area contributed by atoms with E-state index >= 15 is 0 Å². The molecular weight excluding hydrogens is 479 g/mol. The number of halogens is 2. The summed E-state index contributed by atoms with van der Waals surface area (Å²) in [5.41, 5.74) is 2.86. The van der Waals surface area contributed by atoms with Crippen LogP contribution in [0.1, 0.15) is 11.1 Å². The molecule has 168 valence electrons. The maximum absolute atomic E-state index is 13.1. The smallest absolute Gasteiger partial charge is 0.281 e. The third-order valence-corrected chi connectivity index (χ3v) is 6.34. The van der Waals surface area contributed by atoms with Crippen molar-refractivity contribution in [3.8, 4) is 11.5 Å². The van der Waals surface area contributed by atoms with Gasteiger partial charge in [-0.05, 0) is 65.8 Å². The highest BCUT2D eigenvalue weighted by atomic mass is 35.5. The van der Waals surface area contributed by atoms with Crippen molar-refractivity contribution >= 4 is 58.2 Å². The molecule has 0 N–H and O–H groups in total. The number of amides is 1. The van der Waals surface area contributed by atoms with Crippen molar-refractivity contribution in [3.05, 3.63) is 93.6 Å². The fourth-order valence-corrected chi connectivity index (χ4v) is 4.01. The molecule has 3 aromatic rings. The number of carbonyl (C=O) groups excluding carboxylic acids is 1. The topological polar surface area (TPSA) is 42.0 Å². The number of thiocarbonyl (C=S) groups is 1. The first-order valence-electron chi connectivity index (χ1n) is 10.0. The molecular formula is C25H20Cl2N2O3S. The first-order chi connectivity index (χ1) is 15.9. The van der Waals surface area contributed by atoms with Crippen LogP contribution in [0.2, 0.25) is 10.0 Å². The van der Waals surface area contributed by atoms with Gasteiger partial charge in [0.1, 0.15) is 12.3 Å². The second kappa shape index (κ2) is 9.83. The minimum Gasteiger partial charge on any atom is -0.493 e. The summed E-state index contributed by atoms with van der Waals surface area (Å²) in [6.45, 7) is 0.301. The molecule has 0 spiro atoms. The lowest BCUT2D eigenvalue weighted by Crippen LogP contribution is -2.30. The van der Waals surface area contributed by atoms with Crippen LogP contribution in [0.3, 0.4) is 0 Å². The molecule has 33 heavy (non-hydrogen) atoms. The molecule has 8 heteroatoms. The normalized spacial score (nSPS) is 14.8. The van der Waals surface area contributed by atoms with Crippen LogP contribution in [0.25, 0.3) is 6.08 Å². The fourth-order valence-electron chi connectivity index (χ4n) is 3.40. The molecule has 1 aliphatic rings. The standard InChI is InChI=1S/C25H20Cl2N2O3S/c1-28-21(24(30)29(25(28)33)18-6-4-3-5-7-18)13-16-9-11-22(23(14-16)31-2)32-15-17-8-10-19(26)20(27)12-17/h3-14H,15H2,1-2H3/b21-13-. The van der Waals surface area contributed by atoms with E-state index in [1.54, 1.807) is 43.3 Å². The van der Waals surface area contributed by atoms with Crippen LogP contribution in [0.4, 0.5) is 5.69 Å². The van der Waals surface area contributed by atoms with Crippen LogP contribution in [0.5, 0.6) is 11.5 Å². The summed E-state index contributed by atoms with van der Waals surface area (Å²) in [4.78, 5) is 16.3. The third-order valence-electron chi connectivity index (χ3n) is 5.15. The molecule has 0 bridgehead atoms. The van der Waals surface area contributed by atoms with Gasteiger partial charge >= 0.3 is 0 Å². The molecule has 5 nitrogen and oxygen atoms in total. The second-order valence-corrected chi connectivity index (χ2v) is 8.47. The van der Waals surface area contributed by atoms with E-state index in [1.807, 2.05) is 48.5 Å². The summed E-state index contributed by atoms with van der Waals surface area (Å²) in [6.07, 6.45) is 1.78. The van der Waals surface area contributed by atoms with E-state index in [2.05, 4.69) is 0 Å². The molecule has 4 rings (SSSR count). The van der Waals surface area contributed by atoms with Gasteiger partial charge in [-0.15, -0.1) is 0 Å². The number of carbonyl (C=O) groups is 1. The fraction of sp³-hybridized carbons (Fsp3) is 0.120. The summed E-state index contributed by atoms with van der Waals surface area (Å²) < 4.78 is 11.4. The second-order valence-electron chi connectivity index (χ2n) is 7.29. The Hall–Kier alpha value is -3.06. The summed E-state index contributed by atoms with van der Waals surface area (Å²) in [5, 5.41) is 1.39. The zero-order chi connectivity index (χ0) is 23.5. The first kappa shape index (κ1) is 23.1. The Morgan fingerprint density at radius 2 is 1.73 bits per heavy atom. The van der Waals surface area contributed by atoms with Crippen LogP contribution in [-0.2, 0) is 11.4 Å². The van der Waals surface area contributed by atoms with Gasteiger partial charge in [0.05, 0.1) is 22.8 Å². The van der Waals surface area contributed by atoms with Crippen LogP contribution in [0, 0.1) is 0 Å². The van der Waals surface area contributed by atoms with Crippen molar-refractivity contribution in [2.24, 2.45) is 0 Å². The Labute approximate surface area is 207 Å². The predicted octanol–water partition coefficient (Wildman–Crippen LogP) is 6.19. The number of para-hydroxylation sites is 1. The lowest BCUT2D eigenvalue weighted by Gasteiger charge is -2.16. The number of hydrogen-bond donors (Lipinski definition) is 0. The van der Waals surface area contributed by atoms with E-state index in [0.717, 1.165) is 16.8 Å². The molecule has 3 aromatic carbocycles. The van der Waals surface area contributed by atoms with Crippen molar-refractivity contribution < 1.29 is 14.3 Å². The van der Waals surface area contributed by atoms with Gasteiger partial charge in [-0.25, -0.2) is 0 Å². The Kier molecular flexibility index (Phi) is 6.88. The number of methoxy groups -OCH3 is 1. The highest BCUT2D eigenvalue weighted by Gasteiger charge is 2.36. The molecule has 0 saturated carbocycles. The van der Waals surface area contributed by atoms with Crippen LogP contribution in [-0.4, -0.2) is 30.1 Å². The average Bonchev–Trinajstić information content (AvgIpc) is 3.03. The Morgan fingerprint density at radius 1 is 0.970 bits per heavy atom. The maximum Gasteiger partial charge on any atom is 0.281 e. The highest BCUT2D eigenvalue weighted by molar-refractivity contribution is 7.80. The molecule has 0 radical (unpaired) electrons. The zero-order valence-corrected chi connectivity index (χ0v) is 20.2. The van der Waals surface area contributed by atoms with Crippen molar-refractivity contribution in [1.29, 1.82) is 0 Å². The van der Waals surface area contributed by atoms with Gasteiger partial charge in [0.25, 0.3) is 5.91 Å². The average molecular weight is 499 g/mol. The molecule has 1 amide bonds. The van der Waals surface area contributed by atoms with E-state index in [0.29, 0.717) is 39.0 Å². The van der Waals surface area contributed by atoms with Gasteiger partial charge in [0, 0.05) is 7.05 Å². The lowest BCUT2D eigenvalue weighted by atomic mass is 10.1. The largest absolute Gasteiger partial charge is 0.493 e. The zero-order valence-electron chi connectivity index (χ0n) is 17.9. The number of hydrogen-bond acceptors (Lipinski definition) is 4. The van der Waals surface area contributed by atoms with E-state index in [9.17, 15) is 4.79 Å². The van der Waals surface area contributed by atoms with Gasteiger partial charge in [-0.2, -0.15) is 0 Å². The number of likely N-dealkylation sites (N-methyl/N-ethyl adjacent to an activating group) is 1. The summed E-state index contributed by atoms with van der Waals surface area (Å²) in [5.74, 6) is 0.922. The molecule has 1 aliphatic heterocycles. The number of anilines is 1. The van der Waals surface area contributed by atoms with Crippen LogP contribution >= 0.6 is 35.4 Å². The Balaban J connectivity index is 1.56. The van der Waals surface area contributed by atoms with Crippen molar-refractivity contribution in [2.45, 2.75) is 6.61 Å². The summed E-state index contributed by atoms with van der Waals surface area (Å²) in [6, 6.07) is 20.1. The number of ether oxygens (including phenoxy) is 2. The Morgan fingerprint density at radius 3 is 2.42 bits per heavy atom. The third kappa shape index (κ3) is 4.83. The molecule has 0 atom stereocenters. The van der Waals surface area contributed by atoms with Gasteiger partial charge in [-0.1, -0.05) is 53.5 Å². The van der Waals surface area contributed by atoms with Crippen molar-refractivity contribution in [3.63, 3.8) is 0 Å². The van der Waals surface area contributed by atoms with Gasteiger partial charge in [0.15, 0.2) is 16.6 Å². The Bertz CT molecular complexity index is 1250. The predicted molar refractivity (Wildman–Crippen MR) is 136 cm³/mol. The van der Waals surface area contributed by atoms with E-state index in [-0.39, 0.29) is 5.91 Å². The minimum absolute atomic E-state index is 0.187.